The predicted octanol–water partition coefficient (Wildman–Crippen LogP) is 0.933. The van der Waals surface area contributed by atoms with E-state index < -0.39 is 17.9 Å². The molecule has 1 atom stereocenters. The predicted molar refractivity (Wildman–Crippen MR) is 88.9 cm³/mol. The number of anilines is 1. The maximum atomic E-state index is 12.0. The standard InChI is InChI=1S/C16H21N5O3/c1-16(2,3)12(22)9-18-14(23)15(24)20-11-8-19-21-13(11)10-6-4-5-7-17-10/h4-8,12,22H,9H2,1-3H3,(H,18,23)(H,19,21)(H,20,24)/t12-/m1/s1. The highest BCUT2D eigenvalue weighted by molar-refractivity contribution is 6.39. The summed E-state index contributed by atoms with van der Waals surface area (Å²) in [4.78, 5) is 28.0. The fraction of sp³-hybridized carbons (Fsp3) is 0.375. The molecular weight excluding hydrogens is 310 g/mol. The molecule has 0 bridgehead atoms. The summed E-state index contributed by atoms with van der Waals surface area (Å²) >= 11 is 0. The molecule has 0 saturated heterocycles. The number of nitrogens with one attached hydrogen (secondary N) is 3. The minimum Gasteiger partial charge on any atom is -0.391 e. The van der Waals surface area contributed by atoms with Gasteiger partial charge < -0.3 is 15.7 Å². The zero-order valence-corrected chi connectivity index (χ0v) is 13.8. The Morgan fingerprint density at radius 3 is 2.67 bits per heavy atom. The van der Waals surface area contributed by atoms with Gasteiger partial charge in [0.1, 0.15) is 5.69 Å². The molecule has 0 spiro atoms. The highest BCUT2D eigenvalue weighted by Crippen LogP contribution is 2.23. The van der Waals surface area contributed by atoms with Gasteiger partial charge in [-0.1, -0.05) is 26.8 Å². The van der Waals surface area contributed by atoms with Crippen LogP contribution in [0.2, 0.25) is 0 Å². The van der Waals surface area contributed by atoms with E-state index in [1.807, 2.05) is 20.8 Å². The first-order valence-corrected chi connectivity index (χ1v) is 7.51. The fourth-order valence-electron chi connectivity index (χ4n) is 1.84. The van der Waals surface area contributed by atoms with Crippen LogP contribution in [0.1, 0.15) is 20.8 Å². The molecule has 0 aliphatic carbocycles. The van der Waals surface area contributed by atoms with Crippen molar-refractivity contribution in [2.75, 3.05) is 11.9 Å². The Morgan fingerprint density at radius 1 is 1.29 bits per heavy atom. The third-order valence-corrected chi connectivity index (χ3v) is 3.47. The highest BCUT2D eigenvalue weighted by atomic mass is 16.3. The second-order valence-electron chi connectivity index (χ2n) is 6.42. The van der Waals surface area contributed by atoms with Crippen LogP contribution in [0.15, 0.2) is 30.6 Å². The van der Waals surface area contributed by atoms with Gasteiger partial charge in [-0.3, -0.25) is 19.7 Å². The number of carbonyl (C=O) groups excluding carboxylic acids is 2. The zero-order chi connectivity index (χ0) is 17.7. The summed E-state index contributed by atoms with van der Waals surface area (Å²) in [6.07, 6.45) is 2.26. The van der Waals surface area contributed by atoms with E-state index >= 15 is 0 Å². The van der Waals surface area contributed by atoms with Gasteiger partial charge in [-0.2, -0.15) is 5.10 Å². The SMILES string of the molecule is CC(C)(C)[C@H](O)CNC(=O)C(=O)Nc1cn[nH]c1-c1ccccn1. The molecule has 8 heteroatoms. The second kappa shape index (κ2) is 7.22. The van der Waals surface area contributed by atoms with Gasteiger partial charge in [0.25, 0.3) is 0 Å². The van der Waals surface area contributed by atoms with Gasteiger partial charge in [0, 0.05) is 12.7 Å². The molecule has 24 heavy (non-hydrogen) atoms. The quantitative estimate of drug-likeness (QED) is 0.621. The molecule has 0 unspecified atom stereocenters. The van der Waals surface area contributed by atoms with Gasteiger partial charge in [0.2, 0.25) is 0 Å². The number of nitrogens with zero attached hydrogens (tertiary/aromatic N) is 2. The number of amides is 2. The molecule has 4 N–H and O–H groups in total. The van der Waals surface area contributed by atoms with Crippen molar-refractivity contribution in [1.82, 2.24) is 20.5 Å². The number of hydrogen-bond acceptors (Lipinski definition) is 5. The monoisotopic (exact) mass is 331 g/mol. The number of carbonyl (C=O) groups is 2. The van der Waals surface area contributed by atoms with Crippen molar-refractivity contribution < 1.29 is 14.7 Å². The Labute approximate surface area is 139 Å². The number of pyridine rings is 1. The van der Waals surface area contributed by atoms with Crippen LogP contribution in [-0.2, 0) is 9.59 Å². The van der Waals surface area contributed by atoms with Crippen molar-refractivity contribution in [3.05, 3.63) is 30.6 Å². The second-order valence-corrected chi connectivity index (χ2v) is 6.42. The number of rotatable bonds is 4. The summed E-state index contributed by atoms with van der Waals surface area (Å²) < 4.78 is 0. The van der Waals surface area contributed by atoms with Crippen LogP contribution >= 0.6 is 0 Å². The van der Waals surface area contributed by atoms with Crippen LogP contribution < -0.4 is 10.6 Å². The lowest BCUT2D eigenvalue weighted by atomic mass is 9.89. The molecule has 8 nitrogen and oxygen atoms in total. The van der Waals surface area contributed by atoms with Crippen LogP contribution in [0.5, 0.6) is 0 Å². The minimum absolute atomic E-state index is 0.00572. The molecule has 2 aromatic heterocycles. The molecule has 128 valence electrons. The van der Waals surface area contributed by atoms with E-state index in [2.05, 4.69) is 25.8 Å². The maximum absolute atomic E-state index is 12.0. The number of aromatic amines is 1. The van der Waals surface area contributed by atoms with Crippen molar-refractivity contribution in [3.63, 3.8) is 0 Å². The number of hydrogen-bond donors (Lipinski definition) is 4. The van der Waals surface area contributed by atoms with Gasteiger partial charge >= 0.3 is 11.8 Å². The smallest absolute Gasteiger partial charge is 0.313 e. The molecule has 0 aliphatic rings. The molecule has 2 aromatic rings. The maximum Gasteiger partial charge on any atom is 0.313 e. The van der Waals surface area contributed by atoms with Crippen molar-refractivity contribution >= 4 is 17.5 Å². The molecule has 2 heterocycles. The Balaban J connectivity index is 1.98. The highest BCUT2D eigenvalue weighted by Gasteiger charge is 2.24. The lowest BCUT2D eigenvalue weighted by Crippen LogP contribution is -2.43. The summed E-state index contributed by atoms with van der Waals surface area (Å²) in [6.45, 7) is 5.52. The van der Waals surface area contributed by atoms with Crippen LogP contribution in [0.3, 0.4) is 0 Å². The van der Waals surface area contributed by atoms with Gasteiger partial charge in [-0.05, 0) is 17.5 Å². The van der Waals surface area contributed by atoms with E-state index in [4.69, 9.17) is 0 Å². The van der Waals surface area contributed by atoms with E-state index in [1.54, 1.807) is 24.4 Å². The number of aliphatic hydroxyl groups is 1. The van der Waals surface area contributed by atoms with Gasteiger partial charge in [-0.25, -0.2) is 0 Å². The van der Waals surface area contributed by atoms with Crippen LogP contribution in [0.25, 0.3) is 11.4 Å². The molecule has 0 fully saturated rings. The van der Waals surface area contributed by atoms with Crippen LogP contribution in [0, 0.1) is 5.41 Å². The number of H-pyrrole nitrogens is 1. The Kier molecular flexibility index (Phi) is 5.30. The fourth-order valence-corrected chi connectivity index (χ4v) is 1.84. The van der Waals surface area contributed by atoms with Crippen molar-refractivity contribution in [1.29, 1.82) is 0 Å². The van der Waals surface area contributed by atoms with Crippen LogP contribution in [-0.4, -0.2) is 44.8 Å². The normalized spacial score (nSPS) is 12.5. The number of aliphatic hydroxyl groups excluding tert-OH is 1. The Hall–Kier alpha value is -2.74. The lowest BCUT2D eigenvalue weighted by Gasteiger charge is -2.25. The van der Waals surface area contributed by atoms with E-state index in [9.17, 15) is 14.7 Å². The third-order valence-electron chi connectivity index (χ3n) is 3.47. The lowest BCUT2D eigenvalue weighted by molar-refractivity contribution is -0.136. The first kappa shape index (κ1) is 17.6. The summed E-state index contributed by atoms with van der Waals surface area (Å²) in [5.74, 6) is -1.67. The summed E-state index contributed by atoms with van der Waals surface area (Å²) in [7, 11) is 0. The molecular formula is C16H21N5O3. The van der Waals surface area contributed by atoms with E-state index in [0.29, 0.717) is 17.1 Å². The average molecular weight is 331 g/mol. The summed E-state index contributed by atoms with van der Waals surface area (Å²) in [6, 6.07) is 5.32. The van der Waals surface area contributed by atoms with Crippen molar-refractivity contribution in [2.24, 2.45) is 5.41 Å². The molecule has 0 saturated carbocycles. The summed E-state index contributed by atoms with van der Waals surface area (Å²) in [5, 5.41) is 21.4. The van der Waals surface area contributed by atoms with Crippen LogP contribution in [0.4, 0.5) is 5.69 Å². The van der Waals surface area contributed by atoms with Crippen molar-refractivity contribution in [2.45, 2.75) is 26.9 Å². The Morgan fingerprint density at radius 2 is 2.04 bits per heavy atom. The first-order chi connectivity index (χ1) is 11.3. The van der Waals surface area contributed by atoms with E-state index in [1.165, 1.54) is 6.20 Å². The van der Waals surface area contributed by atoms with Gasteiger partial charge in [0.15, 0.2) is 0 Å². The molecule has 2 amide bonds. The molecule has 0 radical (unpaired) electrons. The first-order valence-electron chi connectivity index (χ1n) is 7.51. The Bertz CT molecular complexity index is 706. The minimum atomic E-state index is -0.838. The summed E-state index contributed by atoms with van der Waals surface area (Å²) in [5.41, 5.74) is 1.06. The molecule has 0 aliphatic heterocycles. The largest absolute Gasteiger partial charge is 0.391 e. The third kappa shape index (κ3) is 4.39. The zero-order valence-electron chi connectivity index (χ0n) is 13.8. The topological polar surface area (TPSA) is 120 Å². The average Bonchev–Trinajstić information content (AvgIpc) is 3.00. The van der Waals surface area contributed by atoms with E-state index in [-0.39, 0.29) is 12.0 Å². The molecule has 0 aromatic carbocycles. The van der Waals surface area contributed by atoms with E-state index in [0.717, 1.165) is 0 Å². The molecule has 2 rings (SSSR count). The van der Waals surface area contributed by atoms with Gasteiger partial charge in [-0.15, -0.1) is 0 Å². The van der Waals surface area contributed by atoms with Crippen molar-refractivity contribution in [3.8, 4) is 11.4 Å². The van der Waals surface area contributed by atoms with Gasteiger partial charge in [0.05, 0.1) is 23.7 Å². The number of aromatic nitrogens is 3.